The third-order valence-corrected chi connectivity index (χ3v) is 9.45. The molecule has 3 aromatic carbocycles. The van der Waals surface area contributed by atoms with E-state index in [1.807, 2.05) is 30.3 Å². The average molecular weight is 612 g/mol. The molecule has 0 aliphatic heterocycles. The molecule has 8 nitrogen and oxygen atoms in total. The van der Waals surface area contributed by atoms with Crippen molar-refractivity contribution < 1.29 is 22.7 Å². The van der Waals surface area contributed by atoms with E-state index in [-0.39, 0.29) is 29.1 Å². The Hall–Kier alpha value is -3.56. The smallest absolute Gasteiger partial charge is 0.264 e. The van der Waals surface area contributed by atoms with Crippen molar-refractivity contribution in [1.29, 1.82) is 0 Å². The highest BCUT2D eigenvalue weighted by Crippen LogP contribution is 2.33. The van der Waals surface area contributed by atoms with E-state index in [0.717, 1.165) is 42.0 Å². The fourth-order valence-electron chi connectivity index (χ4n) is 5.12. The maximum atomic E-state index is 14.1. The van der Waals surface area contributed by atoms with Crippen molar-refractivity contribution in [2.75, 3.05) is 17.5 Å². The number of ether oxygens (including phenoxy) is 1. The number of sulfonamides is 1. The molecule has 1 N–H and O–H groups in total. The number of benzene rings is 3. The van der Waals surface area contributed by atoms with Crippen LogP contribution in [0.5, 0.6) is 5.75 Å². The van der Waals surface area contributed by atoms with Crippen molar-refractivity contribution in [2.45, 2.75) is 69.5 Å². The highest BCUT2D eigenvalue weighted by Gasteiger charge is 2.34. The number of carbonyl (C=O) groups excluding carboxylic acids is 2. The SMILES string of the molecule is CCOc1ccccc1N(CC(=O)N(Cc1ccccc1)[C@@H](C)C(=O)NC1CCCCC1)S(=O)(=O)c1ccc(Cl)cc1. The third kappa shape index (κ3) is 7.83. The third-order valence-electron chi connectivity index (χ3n) is 7.43. The molecule has 1 aliphatic carbocycles. The highest BCUT2D eigenvalue weighted by molar-refractivity contribution is 7.92. The van der Waals surface area contributed by atoms with Gasteiger partial charge in [0.1, 0.15) is 18.3 Å². The van der Waals surface area contributed by atoms with Gasteiger partial charge in [-0.05, 0) is 68.7 Å². The summed E-state index contributed by atoms with van der Waals surface area (Å²) in [6.07, 6.45) is 5.09. The van der Waals surface area contributed by atoms with E-state index in [1.165, 1.54) is 29.2 Å². The molecule has 0 radical (unpaired) electrons. The van der Waals surface area contributed by atoms with Crippen LogP contribution in [-0.4, -0.2) is 50.4 Å². The second-order valence-corrected chi connectivity index (χ2v) is 12.7. The number of anilines is 1. The quantitative estimate of drug-likeness (QED) is 0.279. The summed E-state index contributed by atoms with van der Waals surface area (Å²) in [4.78, 5) is 29.0. The molecule has 2 amide bonds. The Labute approximate surface area is 253 Å². The Morgan fingerprint density at radius 3 is 2.26 bits per heavy atom. The lowest BCUT2D eigenvalue weighted by Crippen LogP contribution is -2.53. The molecule has 1 fully saturated rings. The van der Waals surface area contributed by atoms with E-state index in [2.05, 4.69) is 5.32 Å². The fourth-order valence-corrected chi connectivity index (χ4v) is 6.67. The molecule has 3 aromatic rings. The lowest BCUT2D eigenvalue weighted by Gasteiger charge is -2.33. The number of nitrogens with one attached hydrogen (secondary N) is 1. The van der Waals surface area contributed by atoms with Crippen molar-refractivity contribution >= 4 is 39.1 Å². The van der Waals surface area contributed by atoms with Gasteiger partial charge in [-0.2, -0.15) is 0 Å². The minimum Gasteiger partial charge on any atom is -0.492 e. The molecular formula is C32H38ClN3O5S. The first kappa shape index (κ1) is 31.4. The zero-order chi connectivity index (χ0) is 30.1. The second-order valence-electron chi connectivity index (χ2n) is 10.4. The van der Waals surface area contributed by atoms with Gasteiger partial charge in [-0.15, -0.1) is 0 Å². The van der Waals surface area contributed by atoms with Gasteiger partial charge >= 0.3 is 0 Å². The van der Waals surface area contributed by atoms with E-state index < -0.39 is 28.5 Å². The number of hydrogen-bond donors (Lipinski definition) is 1. The van der Waals surface area contributed by atoms with Crippen LogP contribution >= 0.6 is 11.6 Å². The monoisotopic (exact) mass is 611 g/mol. The summed E-state index contributed by atoms with van der Waals surface area (Å²) in [6, 6.07) is 21.1. The summed E-state index contributed by atoms with van der Waals surface area (Å²) in [5.74, 6) is -0.454. The molecule has 0 unspecified atom stereocenters. The number of para-hydroxylation sites is 2. The first-order valence-corrected chi connectivity index (χ1v) is 16.2. The van der Waals surface area contributed by atoms with Gasteiger partial charge in [-0.25, -0.2) is 8.42 Å². The standard InChI is InChI=1S/C32H38ClN3O5S/c1-3-41-30-17-11-10-16-29(30)36(42(39,40)28-20-18-26(33)19-21-28)23-31(37)35(22-25-12-6-4-7-13-25)24(2)32(38)34-27-14-8-5-9-15-27/h4,6-7,10-13,16-21,24,27H,3,5,8-9,14-15,22-23H2,1-2H3,(H,34,38)/t24-/m0/s1. The average Bonchev–Trinajstić information content (AvgIpc) is 3.00. The molecular weight excluding hydrogens is 574 g/mol. The normalized spacial score (nSPS) is 14.5. The van der Waals surface area contributed by atoms with Crippen molar-refractivity contribution in [3.8, 4) is 5.75 Å². The topological polar surface area (TPSA) is 96.0 Å². The van der Waals surface area contributed by atoms with Crippen molar-refractivity contribution in [2.24, 2.45) is 0 Å². The van der Waals surface area contributed by atoms with E-state index in [0.29, 0.717) is 17.4 Å². The van der Waals surface area contributed by atoms with Gasteiger partial charge in [0.2, 0.25) is 11.8 Å². The van der Waals surface area contributed by atoms with Crippen molar-refractivity contribution in [3.63, 3.8) is 0 Å². The largest absolute Gasteiger partial charge is 0.492 e. The zero-order valence-electron chi connectivity index (χ0n) is 24.0. The molecule has 224 valence electrons. The number of amides is 2. The molecule has 4 rings (SSSR count). The van der Waals surface area contributed by atoms with Crippen LogP contribution in [0.1, 0.15) is 51.5 Å². The number of carbonyl (C=O) groups is 2. The maximum Gasteiger partial charge on any atom is 0.264 e. The Bertz CT molecular complexity index is 1440. The molecule has 10 heteroatoms. The fraction of sp³-hybridized carbons (Fsp3) is 0.375. The zero-order valence-corrected chi connectivity index (χ0v) is 25.6. The molecule has 0 saturated heterocycles. The number of halogens is 1. The summed E-state index contributed by atoms with van der Waals surface area (Å²) in [5, 5.41) is 3.50. The van der Waals surface area contributed by atoms with Crippen molar-refractivity contribution in [1.82, 2.24) is 10.2 Å². The molecule has 1 aliphatic rings. The molecule has 1 saturated carbocycles. The first-order valence-electron chi connectivity index (χ1n) is 14.3. The van der Waals surface area contributed by atoms with E-state index >= 15 is 0 Å². The van der Waals surface area contributed by atoms with Crippen LogP contribution in [0.2, 0.25) is 5.02 Å². The Morgan fingerprint density at radius 2 is 1.60 bits per heavy atom. The van der Waals surface area contributed by atoms with Crippen LogP contribution in [-0.2, 0) is 26.2 Å². The predicted octanol–water partition coefficient (Wildman–Crippen LogP) is 5.80. The van der Waals surface area contributed by atoms with Gasteiger partial charge in [-0.3, -0.25) is 13.9 Å². The predicted molar refractivity (Wildman–Crippen MR) is 165 cm³/mol. The van der Waals surface area contributed by atoms with E-state index in [1.54, 1.807) is 38.1 Å². The van der Waals surface area contributed by atoms with Gasteiger partial charge in [0.15, 0.2) is 0 Å². The Kier molecular flexibility index (Phi) is 10.9. The lowest BCUT2D eigenvalue weighted by atomic mass is 9.95. The van der Waals surface area contributed by atoms with Crippen molar-refractivity contribution in [3.05, 3.63) is 89.4 Å². The molecule has 0 spiro atoms. The second kappa shape index (κ2) is 14.6. The minimum atomic E-state index is -4.24. The van der Waals surface area contributed by atoms with Gasteiger partial charge in [0.05, 0.1) is 17.2 Å². The summed E-state index contributed by atoms with van der Waals surface area (Å²) in [7, 11) is -4.24. The van der Waals surface area contributed by atoms with Gasteiger partial charge in [-0.1, -0.05) is 73.3 Å². The number of hydrogen-bond acceptors (Lipinski definition) is 5. The molecule has 1 atom stereocenters. The van der Waals surface area contributed by atoms with Crippen LogP contribution in [0.15, 0.2) is 83.8 Å². The van der Waals surface area contributed by atoms with E-state index in [9.17, 15) is 18.0 Å². The molecule has 0 bridgehead atoms. The lowest BCUT2D eigenvalue weighted by molar-refractivity contribution is -0.139. The Morgan fingerprint density at radius 1 is 0.952 bits per heavy atom. The summed E-state index contributed by atoms with van der Waals surface area (Å²) >= 11 is 6.03. The minimum absolute atomic E-state index is 0.0244. The van der Waals surface area contributed by atoms with Crippen LogP contribution in [0.4, 0.5) is 5.69 Å². The van der Waals surface area contributed by atoms with E-state index in [4.69, 9.17) is 16.3 Å². The first-order chi connectivity index (χ1) is 20.2. The van der Waals surface area contributed by atoms with Crippen LogP contribution in [0.25, 0.3) is 0 Å². The van der Waals surface area contributed by atoms with Gasteiger partial charge in [0, 0.05) is 17.6 Å². The summed E-state index contributed by atoms with van der Waals surface area (Å²) < 4.78 is 34.9. The van der Waals surface area contributed by atoms with Crippen LogP contribution in [0.3, 0.4) is 0 Å². The van der Waals surface area contributed by atoms with Crippen LogP contribution in [0, 0.1) is 0 Å². The Balaban J connectivity index is 1.70. The van der Waals surface area contributed by atoms with Crippen LogP contribution < -0.4 is 14.4 Å². The highest BCUT2D eigenvalue weighted by atomic mass is 35.5. The van der Waals surface area contributed by atoms with Gasteiger partial charge < -0.3 is 15.0 Å². The molecule has 0 heterocycles. The molecule has 42 heavy (non-hydrogen) atoms. The number of rotatable bonds is 12. The van der Waals surface area contributed by atoms with Gasteiger partial charge in [0.25, 0.3) is 10.0 Å². The summed E-state index contributed by atoms with van der Waals surface area (Å²) in [6.45, 7) is 3.39. The molecule has 0 aromatic heterocycles. The number of nitrogens with zero attached hydrogens (tertiary/aromatic N) is 2. The summed E-state index contributed by atoms with van der Waals surface area (Å²) in [5.41, 5.74) is 1.05. The maximum absolute atomic E-state index is 14.1.